The van der Waals surface area contributed by atoms with Crippen molar-refractivity contribution < 1.29 is 8.78 Å². The number of anilines is 1. The third-order valence-corrected chi connectivity index (χ3v) is 3.22. The zero-order chi connectivity index (χ0) is 14.7. The second-order valence-corrected chi connectivity index (χ2v) is 4.66. The predicted molar refractivity (Wildman–Crippen MR) is 74.3 cm³/mol. The van der Waals surface area contributed by atoms with Gasteiger partial charge in [-0.3, -0.25) is 0 Å². The van der Waals surface area contributed by atoms with E-state index in [1.807, 2.05) is 13.0 Å². The Morgan fingerprint density at radius 1 is 1.15 bits per heavy atom. The summed E-state index contributed by atoms with van der Waals surface area (Å²) in [6, 6.07) is 10.7. The van der Waals surface area contributed by atoms with Gasteiger partial charge in [-0.2, -0.15) is 5.26 Å². The highest BCUT2D eigenvalue weighted by atomic mass is 19.1. The lowest BCUT2D eigenvalue weighted by Crippen LogP contribution is -2.08. The Labute approximate surface area is 116 Å². The van der Waals surface area contributed by atoms with Gasteiger partial charge in [0, 0.05) is 17.3 Å². The molecule has 20 heavy (non-hydrogen) atoms. The number of rotatable bonds is 3. The van der Waals surface area contributed by atoms with Crippen molar-refractivity contribution in [3.05, 3.63) is 64.7 Å². The number of hydrogen-bond donors (Lipinski definition) is 1. The summed E-state index contributed by atoms with van der Waals surface area (Å²) >= 11 is 0. The molecular weight excluding hydrogens is 258 g/mol. The molecule has 2 rings (SSSR count). The van der Waals surface area contributed by atoms with E-state index in [-0.39, 0.29) is 17.4 Å². The van der Waals surface area contributed by atoms with Gasteiger partial charge in [-0.05, 0) is 43.7 Å². The van der Waals surface area contributed by atoms with E-state index in [0.29, 0.717) is 11.3 Å². The molecule has 0 aliphatic rings. The summed E-state index contributed by atoms with van der Waals surface area (Å²) in [6.45, 7) is 3.54. The number of benzene rings is 2. The van der Waals surface area contributed by atoms with Crippen LogP contribution < -0.4 is 5.32 Å². The van der Waals surface area contributed by atoms with E-state index in [1.165, 1.54) is 18.2 Å². The van der Waals surface area contributed by atoms with Crippen LogP contribution in [0.15, 0.2) is 36.4 Å². The summed E-state index contributed by atoms with van der Waals surface area (Å²) < 4.78 is 26.6. The van der Waals surface area contributed by atoms with Crippen LogP contribution in [-0.2, 0) is 0 Å². The molecule has 2 nitrogen and oxygen atoms in total. The van der Waals surface area contributed by atoms with Gasteiger partial charge in [0.25, 0.3) is 0 Å². The summed E-state index contributed by atoms with van der Waals surface area (Å²) in [5.41, 5.74) is 2.17. The van der Waals surface area contributed by atoms with Crippen LogP contribution in [0.5, 0.6) is 0 Å². The molecule has 0 aliphatic heterocycles. The first-order chi connectivity index (χ1) is 9.51. The van der Waals surface area contributed by atoms with Crippen molar-refractivity contribution in [2.75, 3.05) is 5.32 Å². The summed E-state index contributed by atoms with van der Waals surface area (Å²) in [6.07, 6.45) is 0. The highest BCUT2D eigenvalue weighted by molar-refractivity contribution is 5.56. The third kappa shape index (κ3) is 2.94. The molecule has 0 aliphatic carbocycles. The molecular formula is C16H14F2N2. The fraction of sp³-hybridized carbons (Fsp3) is 0.188. The number of nitrogens with zero attached hydrogens (tertiary/aromatic N) is 1. The Hall–Kier alpha value is -2.41. The van der Waals surface area contributed by atoms with Crippen LogP contribution >= 0.6 is 0 Å². The van der Waals surface area contributed by atoms with Crippen LogP contribution in [0.1, 0.15) is 29.7 Å². The maximum Gasteiger partial charge on any atom is 0.129 e. The van der Waals surface area contributed by atoms with E-state index in [1.54, 1.807) is 25.1 Å². The van der Waals surface area contributed by atoms with Crippen molar-refractivity contribution in [1.29, 1.82) is 5.26 Å². The molecule has 0 fully saturated rings. The van der Waals surface area contributed by atoms with Crippen molar-refractivity contribution in [3.8, 4) is 6.07 Å². The highest BCUT2D eigenvalue weighted by Gasteiger charge is 2.11. The lowest BCUT2D eigenvalue weighted by Gasteiger charge is -2.18. The first-order valence-electron chi connectivity index (χ1n) is 6.23. The first-order valence-corrected chi connectivity index (χ1v) is 6.23. The van der Waals surface area contributed by atoms with Crippen molar-refractivity contribution in [2.24, 2.45) is 0 Å². The van der Waals surface area contributed by atoms with Gasteiger partial charge in [-0.15, -0.1) is 0 Å². The van der Waals surface area contributed by atoms with E-state index in [4.69, 9.17) is 5.26 Å². The Morgan fingerprint density at radius 3 is 2.40 bits per heavy atom. The number of nitrogens with one attached hydrogen (secondary N) is 1. The zero-order valence-corrected chi connectivity index (χ0v) is 11.2. The van der Waals surface area contributed by atoms with Gasteiger partial charge in [0.2, 0.25) is 0 Å². The van der Waals surface area contributed by atoms with Crippen LogP contribution in [0.4, 0.5) is 14.5 Å². The van der Waals surface area contributed by atoms with Crippen LogP contribution in [0.2, 0.25) is 0 Å². The van der Waals surface area contributed by atoms with E-state index in [2.05, 4.69) is 5.32 Å². The topological polar surface area (TPSA) is 35.8 Å². The average molecular weight is 272 g/mol. The Kier molecular flexibility index (Phi) is 3.99. The molecule has 1 unspecified atom stereocenters. The lowest BCUT2D eigenvalue weighted by molar-refractivity contribution is 0.618. The van der Waals surface area contributed by atoms with Gasteiger partial charge in [-0.25, -0.2) is 8.78 Å². The lowest BCUT2D eigenvalue weighted by atomic mass is 10.1. The third-order valence-electron chi connectivity index (χ3n) is 3.22. The number of nitriles is 1. The summed E-state index contributed by atoms with van der Waals surface area (Å²) in [5, 5.41) is 12.0. The SMILES string of the molecule is Cc1c(F)cc(C#N)cc1NC(C)c1ccc(F)cc1. The van der Waals surface area contributed by atoms with Gasteiger partial charge in [0.15, 0.2) is 0 Å². The van der Waals surface area contributed by atoms with Gasteiger partial charge in [0.1, 0.15) is 11.6 Å². The van der Waals surface area contributed by atoms with Crippen LogP contribution in [0.25, 0.3) is 0 Å². The van der Waals surface area contributed by atoms with Crippen LogP contribution in [0, 0.1) is 29.9 Å². The second-order valence-electron chi connectivity index (χ2n) is 4.66. The molecule has 0 amide bonds. The van der Waals surface area contributed by atoms with E-state index in [0.717, 1.165) is 5.56 Å². The molecule has 1 atom stereocenters. The first kappa shape index (κ1) is 14.0. The minimum Gasteiger partial charge on any atom is -0.378 e. The summed E-state index contributed by atoms with van der Waals surface area (Å²) in [5.74, 6) is -0.715. The minimum absolute atomic E-state index is 0.123. The average Bonchev–Trinajstić information content (AvgIpc) is 2.44. The molecule has 4 heteroatoms. The Bertz CT molecular complexity index is 657. The highest BCUT2D eigenvalue weighted by Crippen LogP contribution is 2.25. The molecule has 2 aromatic rings. The predicted octanol–water partition coefficient (Wildman–Crippen LogP) is 4.32. The maximum atomic E-state index is 13.7. The fourth-order valence-corrected chi connectivity index (χ4v) is 1.96. The van der Waals surface area contributed by atoms with Crippen molar-refractivity contribution >= 4 is 5.69 Å². The molecule has 0 radical (unpaired) electrons. The van der Waals surface area contributed by atoms with Crippen LogP contribution in [-0.4, -0.2) is 0 Å². The van der Waals surface area contributed by atoms with Gasteiger partial charge in [-0.1, -0.05) is 12.1 Å². The quantitative estimate of drug-likeness (QED) is 0.903. The number of halogens is 2. The maximum absolute atomic E-state index is 13.7. The zero-order valence-electron chi connectivity index (χ0n) is 11.2. The van der Waals surface area contributed by atoms with Crippen LogP contribution in [0.3, 0.4) is 0 Å². The minimum atomic E-state index is -0.419. The largest absolute Gasteiger partial charge is 0.378 e. The molecule has 102 valence electrons. The van der Waals surface area contributed by atoms with Gasteiger partial charge in [0.05, 0.1) is 11.6 Å². The standard InChI is InChI=1S/C16H14F2N2/c1-10-15(18)7-12(9-19)8-16(10)20-11(2)13-3-5-14(17)6-4-13/h3-8,11,20H,1-2H3. The fourth-order valence-electron chi connectivity index (χ4n) is 1.96. The van der Waals surface area contributed by atoms with Crippen molar-refractivity contribution in [1.82, 2.24) is 0 Å². The van der Waals surface area contributed by atoms with Crippen molar-refractivity contribution in [2.45, 2.75) is 19.9 Å². The van der Waals surface area contributed by atoms with E-state index in [9.17, 15) is 8.78 Å². The smallest absolute Gasteiger partial charge is 0.129 e. The molecule has 0 saturated carbocycles. The molecule has 0 aromatic heterocycles. The normalized spacial score (nSPS) is 11.8. The molecule has 0 bridgehead atoms. The molecule has 0 saturated heterocycles. The summed E-state index contributed by atoms with van der Waals surface area (Å²) in [4.78, 5) is 0. The molecule has 0 spiro atoms. The van der Waals surface area contributed by atoms with Gasteiger partial charge >= 0.3 is 0 Å². The molecule has 0 heterocycles. The molecule has 1 N–H and O–H groups in total. The molecule has 2 aromatic carbocycles. The van der Waals surface area contributed by atoms with Crippen molar-refractivity contribution in [3.63, 3.8) is 0 Å². The number of hydrogen-bond acceptors (Lipinski definition) is 2. The Morgan fingerprint density at radius 2 is 1.80 bits per heavy atom. The van der Waals surface area contributed by atoms with E-state index < -0.39 is 5.82 Å². The summed E-state index contributed by atoms with van der Waals surface area (Å²) in [7, 11) is 0. The second kappa shape index (κ2) is 5.70. The monoisotopic (exact) mass is 272 g/mol. The van der Waals surface area contributed by atoms with E-state index >= 15 is 0 Å². The van der Waals surface area contributed by atoms with Gasteiger partial charge < -0.3 is 5.32 Å². The Balaban J connectivity index is 2.28.